The van der Waals surface area contributed by atoms with Crippen LogP contribution in [0.4, 0.5) is 5.69 Å². The zero-order chi connectivity index (χ0) is 25.4. The molecule has 2 N–H and O–H groups in total. The number of amides is 2. The van der Waals surface area contributed by atoms with E-state index >= 15 is 0 Å². The molecule has 0 aromatic heterocycles. The highest BCUT2D eigenvalue weighted by Gasteiger charge is 2.56. The number of nitrogens with zero attached hydrogens (tertiary/aromatic N) is 1. The normalized spacial score (nSPS) is 19.2. The number of carbonyl (C=O) groups excluding carboxylic acids is 2. The van der Waals surface area contributed by atoms with Crippen LogP contribution < -0.4 is 25.0 Å². The van der Waals surface area contributed by atoms with Gasteiger partial charge in [0.15, 0.2) is 11.6 Å². The molecule has 188 valence electrons. The molecular weight excluding hydrogens is 526 g/mol. The average Bonchev–Trinajstić information content (AvgIpc) is 2.96. The molecule has 2 amide bonds. The van der Waals surface area contributed by atoms with Gasteiger partial charge in [0.1, 0.15) is 11.5 Å². The number of carbonyl (C=O) groups is 2. The standard InChI is InChI=1S/C27H28BrN3O5/c1-16(29-2)25(32)30-24-26(33)31(21-6-4-5-7-23(21)36-27(24)14-35-15-27)13-20-19-10-9-18(28)12-17(19)8-11-22(20)34-3/h4-12,16,24,29H,13-15H2,1-3H3,(H,30,32)/t16-,24?/m0/s1. The maximum atomic E-state index is 14.3. The lowest BCUT2D eigenvalue weighted by Crippen LogP contribution is -2.71. The predicted molar refractivity (Wildman–Crippen MR) is 140 cm³/mol. The van der Waals surface area contributed by atoms with Crippen molar-refractivity contribution in [2.75, 3.05) is 32.3 Å². The van der Waals surface area contributed by atoms with Gasteiger partial charge in [-0.1, -0.05) is 40.2 Å². The Morgan fingerprint density at radius 3 is 2.69 bits per heavy atom. The van der Waals surface area contributed by atoms with Crippen molar-refractivity contribution in [3.63, 3.8) is 0 Å². The smallest absolute Gasteiger partial charge is 0.254 e. The van der Waals surface area contributed by atoms with Crippen molar-refractivity contribution >= 4 is 44.2 Å². The second-order valence-electron chi connectivity index (χ2n) is 9.12. The molecule has 3 aromatic rings. The number of hydrogen-bond donors (Lipinski definition) is 2. The molecule has 1 unspecified atom stereocenters. The monoisotopic (exact) mass is 553 g/mol. The van der Waals surface area contributed by atoms with Gasteiger partial charge in [0.2, 0.25) is 5.91 Å². The Kier molecular flexibility index (Phi) is 6.63. The Balaban J connectivity index is 1.62. The molecule has 2 heterocycles. The number of nitrogens with one attached hydrogen (secondary N) is 2. The fourth-order valence-electron chi connectivity index (χ4n) is 4.69. The quantitative estimate of drug-likeness (QED) is 0.486. The van der Waals surface area contributed by atoms with Crippen LogP contribution in [0.25, 0.3) is 10.8 Å². The van der Waals surface area contributed by atoms with E-state index in [2.05, 4.69) is 26.6 Å². The number of ether oxygens (including phenoxy) is 3. The first-order valence-electron chi connectivity index (χ1n) is 11.8. The number of likely N-dealkylation sites (N-methyl/N-ethyl adjacent to an activating group) is 1. The van der Waals surface area contributed by atoms with E-state index in [0.717, 1.165) is 20.8 Å². The molecule has 36 heavy (non-hydrogen) atoms. The van der Waals surface area contributed by atoms with E-state index in [9.17, 15) is 9.59 Å². The van der Waals surface area contributed by atoms with Crippen molar-refractivity contribution in [2.24, 2.45) is 0 Å². The molecule has 0 aliphatic carbocycles. The summed E-state index contributed by atoms with van der Waals surface area (Å²) in [5.41, 5.74) is 0.502. The number of methoxy groups -OCH3 is 1. The molecule has 1 saturated heterocycles. The number of fused-ring (bicyclic) bond motifs is 2. The van der Waals surface area contributed by atoms with Gasteiger partial charge in [-0.3, -0.25) is 9.59 Å². The van der Waals surface area contributed by atoms with Crippen molar-refractivity contribution < 1.29 is 23.8 Å². The summed E-state index contributed by atoms with van der Waals surface area (Å²) in [6.07, 6.45) is 0. The lowest BCUT2D eigenvalue weighted by molar-refractivity contribution is -0.181. The number of anilines is 1. The van der Waals surface area contributed by atoms with Gasteiger partial charge in [-0.15, -0.1) is 0 Å². The first-order chi connectivity index (χ1) is 17.4. The van der Waals surface area contributed by atoms with Crippen LogP contribution in [0.1, 0.15) is 12.5 Å². The topological polar surface area (TPSA) is 89.1 Å². The van der Waals surface area contributed by atoms with Crippen LogP contribution >= 0.6 is 15.9 Å². The number of para-hydroxylation sites is 2. The van der Waals surface area contributed by atoms with Gasteiger partial charge in [0.25, 0.3) is 5.91 Å². The molecule has 2 atom stereocenters. The first-order valence-corrected chi connectivity index (χ1v) is 12.6. The molecule has 2 aliphatic heterocycles. The van der Waals surface area contributed by atoms with Crippen LogP contribution in [0.3, 0.4) is 0 Å². The molecule has 9 heteroatoms. The summed E-state index contributed by atoms with van der Waals surface area (Å²) in [4.78, 5) is 28.8. The molecule has 0 saturated carbocycles. The largest absolute Gasteiger partial charge is 0.496 e. The summed E-state index contributed by atoms with van der Waals surface area (Å²) in [5.74, 6) is 0.682. The summed E-state index contributed by atoms with van der Waals surface area (Å²) < 4.78 is 18.6. The summed E-state index contributed by atoms with van der Waals surface area (Å²) >= 11 is 3.54. The highest BCUT2D eigenvalue weighted by Crippen LogP contribution is 2.42. The van der Waals surface area contributed by atoms with Crippen molar-refractivity contribution in [2.45, 2.75) is 31.2 Å². The Morgan fingerprint density at radius 1 is 1.22 bits per heavy atom. The van der Waals surface area contributed by atoms with Gasteiger partial charge in [0, 0.05) is 10.0 Å². The van der Waals surface area contributed by atoms with Crippen LogP contribution in [0.15, 0.2) is 59.1 Å². The van der Waals surface area contributed by atoms with Crippen LogP contribution in [0.5, 0.6) is 11.5 Å². The second-order valence-corrected chi connectivity index (χ2v) is 10.0. The maximum absolute atomic E-state index is 14.3. The summed E-state index contributed by atoms with van der Waals surface area (Å²) in [7, 11) is 3.32. The fraction of sp³-hybridized carbons (Fsp3) is 0.333. The summed E-state index contributed by atoms with van der Waals surface area (Å²) in [6.45, 7) is 2.37. The van der Waals surface area contributed by atoms with E-state index < -0.39 is 17.7 Å². The van der Waals surface area contributed by atoms with E-state index in [0.29, 0.717) is 17.2 Å². The minimum atomic E-state index is -0.987. The zero-order valence-corrected chi connectivity index (χ0v) is 21.9. The number of rotatable bonds is 6. The van der Waals surface area contributed by atoms with Gasteiger partial charge in [0.05, 0.1) is 38.6 Å². The first kappa shape index (κ1) is 24.5. The molecule has 3 aromatic carbocycles. The second kappa shape index (κ2) is 9.72. The Labute approximate surface area is 218 Å². The van der Waals surface area contributed by atoms with Crippen LogP contribution in [0, 0.1) is 0 Å². The van der Waals surface area contributed by atoms with E-state index in [1.54, 1.807) is 26.0 Å². The SMILES string of the molecule is CN[C@@H](C)C(=O)NC1C(=O)N(Cc2c(OC)ccc3cc(Br)ccc23)c2ccccc2OC12COC2. The molecule has 8 nitrogen and oxygen atoms in total. The summed E-state index contributed by atoms with van der Waals surface area (Å²) in [6, 6.07) is 15.9. The Bertz CT molecular complexity index is 1330. The van der Waals surface area contributed by atoms with E-state index in [1.807, 2.05) is 54.6 Å². The molecule has 5 rings (SSSR count). The van der Waals surface area contributed by atoms with E-state index in [4.69, 9.17) is 14.2 Å². The molecule has 1 fully saturated rings. The fourth-order valence-corrected chi connectivity index (χ4v) is 5.06. The average molecular weight is 554 g/mol. The van der Waals surface area contributed by atoms with Gasteiger partial charge in [-0.25, -0.2) is 0 Å². The highest BCUT2D eigenvalue weighted by molar-refractivity contribution is 9.10. The van der Waals surface area contributed by atoms with Crippen molar-refractivity contribution in [1.82, 2.24) is 10.6 Å². The molecule has 2 aliphatic rings. The van der Waals surface area contributed by atoms with Crippen LogP contribution in [-0.4, -0.2) is 56.9 Å². The Morgan fingerprint density at radius 2 is 2.00 bits per heavy atom. The predicted octanol–water partition coefficient (Wildman–Crippen LogP) is 3.40. The van der Waals surface area contributed by atoms with E-state index in [-0.39, 0.29) is 31.6 Å². The molecular formula is C27H28BrN3O5. The van der Waals surface area contributed by atoms with Gasteiger partial charge in [-0.05, 0) is 55.1 Å². The maximum Gasteiger partial charge on any atom is 0.254 e. The van der Waals surface area contributed by atoms with Crippen molar-refractivity contribution in [3.05, 3.63) is 64.6 Å². The van der Waals surface area contributed by atoms with Crippen molar-refractivity contribution in [3.8, 4) is 11.5 Å². The zero-order valence-electron chi connectivity index (χ0n) is 20.3. The minimum Gasteiger partial charge on any atom is -0.496 e. The minimum absolute atomic E-state index is 0.200. The summed E-state index contributed by atoms with van der Waals surface area (Å²) in [5, 5.41) is 7.86. The highest BCUT2D eigenvalue weighted by atomic mass is 79.9. The Hall–Kier alpha value is -3.14. The third kappa shape index (κ3) is 4.21. The number of hydrogen-bond acceptors (Lipinski definition) is 6. The third-order valence-electron chi connectivity index (χ3n) is 6.90. The van der Waals surface area contributed by atoms with E-state index in [1.165, 1.54) is 0 Å². The van der Waals surface area contributed by atoms with Gasteiger partial charge < -0.3 is 29.7 Å². The van der Waals surface area contributed by atoms with Crippen LogP contribution in [0.2, 0.25) is 0 Å². The molecule has 0 radical (unpaired) electrons. The number of benzene rings is 3. The number of halogens is 1. The molecule has 0 bridgehead atoms. The molecule has 1 spiro atoms. The third-order valence-corrected chi connectivity index (χ3v) is 7.39. The van der Waals surface area contributed by atoms with Gasteiger partial charge >= 0.3 is 0 Å². The van der Waals surface area contributed by atoms with Crippen LogP contribution in [-0.2, 0) is 20.9 Å². The van der Waals surface area contributed by atoms with Crippen molar-refractivity contribution in [1.29, 1.82) is 0 Å². The lowest BCUT2D eigenvalue weighted by atomic mass is 9.90. The lowest BCUT2D eigenvalue weighted by Gasteiger charge is -2.45. The van der Waals surface area contributed by atoms with Gasteiger partial charge in [-0.2, -0.15) is 0 Å².